The number of hydrogen-bond acceptors (Lipinski definition) is 2. The summed E-state index contributed by atoms with van der Waals surface area (Å²) in [6.07, 6.45) is 0. The van der Waals surface area contributed by atoms with Gasteiger partial charge in [0.05, 0.1) is 7.57 Å². The highest BCUT2D eigenvalue weighted by Gasteiger charge is 2.19. The van der Waals surface area contributed by atoms with Crippen LogP contribution >= 0.6 is 54.8 Å². The van der Waals surface area contributed by atoms with Crippen LogP contribution < -0.4 is 0 Å². The summed E-state index contributed by atoms with van der Waals surface area (Å²) in [4.78, 5) is 0. The Bertz CT molecular complexity index is 477. The fraction of sp³-hybridized carbons (Fsp3) is 0.200. The van der Waals surface area contributed by atoms with Gasteiger partial charge < -0.3 is 4.42 Å². The minimum atomic E-state index is -0.240. The molecule has 5 heteroatoms. The zero-order chi connectivity index (χ0) is 11.0. The van der Waals surface area contributed by atoms with Crippen LogP contribution in [0.3, 0.4) is 0 Å². The van der Waals surface area contributed by atoms with Crippen LogP contribution in [-0.2, 0) is 0 Å². The molecule has 0 fully saturated rings. The summed E-state index contributed by atoms with van der Waals surface area (Å²) in [6, 6.07) is 5.83. The minimum Gasteiger partial charge on any atom is -0.464 e. The zero-order valence-electron chi connectivity index (χ0n) is 7.76. The summed E-state index contributed by atoms with van der Waals surface area (Å²) in [6.45, 7) is 1.91. The summed E-state index contributed by atoms with van der Waals surface area (Å²) >= 11 is 14.8. The van der Waals surface area contributed by atoms with E-state index in [4.69, 9.17) is 16.0 Å². The third kappa shape index (κ3) is 2.49. The van der Waals surface area contributed by atoms with Crippen molar-refractivity contribution in [2.45, 2.75) is 12.3 Å². The average Bonchev–Trinajstić information content (AvgIpc) is 2.71. The summed E-state index contributed by atoms with van der Waals surface area (Å²) in [5.41, 5.74) is 1.03. The first-order valence-corrected chi connectivity index (χ1v) is 7.07. The van der Waals surface area contributed by atoms with Crippen molar-refractivity contribution in [1.29, 1.82) is 0 Å². The second kappa shape index (κ2) is 4.62. The van der Waals surface area contributed by atoms with Gasteiger partial charge in [0, 0.05) is 5.56 Å². The highest BCUT2D eigenvalue weighted by Crippen LogP contribution is 2.41. The van der Waals surface area contributed by atoms with Gasteiger partial charge in [-0.15, -0.1) is 22.9 Å². The van der Waals surface area contributed by atoms with Crippen molar-refractivity contribution in [3.63, 3.8) is 0 Å². The van der Waals surface area contributed by atoms with Gasteiger partial charge in [0.2, 0.25) is 0 Å². The van der Waals surface area contributed by atoms with Crippen LogP contribution in [0.5, 0.6) is 0 Å². The Balaban J connectivity index is 2.35. The van der Waals surface area contributed by atoms with Gasteiger partial charge in [-0.3, -0.25) is 0 Å². The lowest BCUT2D eigenvalue weighted by atomic mass is 10.2. The number of rotatable bonds is 2. The molecule has 0 aromatic carbocycles. The van der Waals surface area contributed by atoms with Gasteiger partial charge >= 0.3 is 0 Å². The smallest absolute Gasteiger partial charge is 0.126 e. The largest absolute Gasteiger partial charge is 0.464 e. The fourth-order valence-electron chi connectivity index (χ4n) is 1.27. The molecule has 1 nitrogen and oxygen atoms in total. The minimum absolute atomic E-state index is 0.240. The topological polar surface area (TPSA) is 13.1 Å². The van der Waals surface area contributed by atoms with E-state index in [1.807, 2.05) is 25.1 Å². The van der Waals surface area contributed by atoms with E-state index in [1.54, 1.807) is 11.3 Å². The zero-order valence-corrected chi connectivity index (χ0v) is 12.5. The van der Waals surface area contributed by atoms with Gasteiger partial charge in [-0.25, -0.2) is 0 Å². The van der Waals surface area contributed by atoms with Crippen LogP contribution in [0.1, 0.15) is 22.5 Å². The Hall–Kier alpha value is 0.230. The highest BCUT2D eigenvalue weighted by molar-refractivity contribution is 9.12. The molecular formula is C10H7Br2ClOS. The predicted molar refractivity (Wildman–Crippen MR) is 70.9 cm³/mol. The van der Waals surface area contributed by atoms with Crippen LogP contribution in [0.25, 0.3) is 0 Å². The molecule has 2 aromatic heterocycles. The molecule has 80 valence electrons. The van der Waals surface area contributed by atoms with E-state index in [0.717, 1.165) is 24.7 Å². The first kappa shape index (κ1) is 11.7. The summed E-state index contributed by atoms with van der Waals surface area (Å²) in [5.74, 6) is 1.65. The molecule has 2 rings (SSSR count). The Morgan fingerprint density at radius 1 is 1.40 bits per heavy atom. The number of hydrogen-bond donors (Lipinski definition) is 0. The Morgan fingerprint density at radius 2 is 2.13 bits per heavy atom. The van der Waals surface area contributed by atoms with Gasteiger partial charge in [-0.2, -0.15) is 0 Å². The molecule has 0 amide bonds. The van der Waals surface area contributed by atoms with Crippen LogP contribution in [0.15, 0.2) is 30.2 Å². The van der Waals surface area contributed by atoms with Crippen LogP contribution in [0.4, 0.5) is 0 Å². The molecular weight excluding hydrogens is 363 g/mol. The van der Waals surface area contributed by atoms with E-state index in [0.29, 0.717) is 0 Å². The van der Waals surface area contributed by atoms with Gasteiger partial charge in [0.15, 0.2) is 0 Å². The van der Waals surface area contributed by atoms with E-state index in [-0.39, 0.29) is 5.38 Å². The number of thiophene rings is 1. The monoisotopic (exact) mass is 368 g/mol. The highest BCUT2D eigenvalue weighted by atomic mass is 79.9. The fourth-order valence-corrected chi connectivity index (χ4v) is 4.66. The van der Waals surface area contributed by atoms with Crippen molar-refractivity contribution in [3.05, 3.63) is 42.9 Å². The molecule has 0 saturated heterocycles. The van der Waals surface area contributed by atoms with Crippen molar-refractivity contribution in [2.24, 2.45) is 0 Å². The van der Waals surface area contributed by atoms with Gasteiger partial charge in [-0.05, 0) is 57.0 Å². The molecule has 0 aliphatic heterocycles. The standard InChI is InChI=1S/C10H7Br2ClOS/c1-5-2-3-7(14-5)9(13)6-4-8(11)15-10(6)12/h2-4,9H,1H3. The molecule has 2 heterocycles. The van der Waals surface area contributed by atoms with Crippen LogP contribution in [-0.4, -0.2) is 0 Å². The molecule has 15 heavy (non-hydrogen) atoms. The average molecular weight is 370 g/mol. The van der Waals surface area contributed by atoms with Gasteiger partial charge in [0.1, 0.15) is 16.9 Å². The lowest BCUT2D eigenvalue weighted by molar-refractivity contribution is 0.489. The Morgan fingerprint density at radius 3 is 2.60 bits per heavy atom. The quantitative estimate of drug-likeness (QED) is 0.636. The first-order valence-electron chi connectivity index (χ1n) is 4.23. The lowest BCUT2D eigenvalue weighted by Gasteiger charge is -2.04. The Kier molecular flexibility index (Phi) is 3.60. The van der Waals surface area contributed by atoms with Crippen molar-refractivity contribution < 1.29 is 4.42 Å². The molecule has 1 unspecified atom stereocenters. The van der Waals surface area contributed by atoms with E-state index >= 15 is 0 Å². The van der Waals surface area contributed by atoms with E-state index < -0.39 is 0 Å². The number of alkyl halides is 1. The first-order chi connectivity index (χ1) is 7.08. The predicted octanol–water partition coefficient (Wildman–Crippen LogP) is 5.50. The molecule has 0 spiro atoms. The lowest BCUT2D eigenvalue weighted by Crippen LogP contribution is -1.88. The summed E-state index contributed by atoms with van der Waals surface area (Å²) in [5, 5.41) is -0.240. The molecule has 0 aliphatic rings. The molecule has 0 radical (unpaired) electrons. The molecule has 1 atom stereocenters. The van der Waals surface area contributed by atoms with Crippen molar-refractivity contribution in [3.8, 4) is 0 Å². The maximum atomic E-state index is 6.33. The van der Waals surface area contributed by atoms with Crippen molar-refractivity contribution in [2.75, 3.05) is 0 Å². The normalized spacial score (nSPS) is 13.1. The SMILES string of the molecule is Cc1ccc(C(Cl)c2cc(Br)sc2Br)o1. The summed E-state index contributed by atoms with van der Waals surface area (Å²) < 4.78 is 7.59. The van der Waals surface area contributed by atoms with E-state index in [1.165, 1.54) is 0 Å². The van der Waals surface area contributed by atoms with Crippen molar-refractivity contribution in [1.82, 2.24) is 0 Å². The van der Waals surface area contributed by atoms with Gasteiger partial charge in [0.25, 0.3) is 0 Å². The van der Waals surface area contributed by atoms with E-state index in [2.05, 4.69) is 31.9 Å². The Labute approximate surface area is 114 Å². The second-order valence-electron chi connectivity index (χ2n) is 3.09. The molecule has 2 aromatic rings. The maximum absolute atomic E-state index is 6.33. The molecule has 0 saturated carbocycles. The molecule has 0 aliphatic carbocycles. The summed E-state index contributed by atoms with van der Waals surface area (Å²) in [7, 11) is 0. The number of aryl methyl sites for hydroxylation is 1. The van der Waals surface area contributed by atoms with Crippen LogP contribution in [0, 0.1) is 6.92 Å². The maximum Gasteiger partial charge on any atom is 0.126 e. The van der Waals surface area contributed by atoms with Crippen LogP contribution in [0.2, 0.25) is 0 Å². The third-order valence-corrected chi connectivity index (χ3v) is 4.80. The second-order valence-corrected chi connectivity index (χ2v) is 7.28. The van der Waals surface area contributed by atoms with Crippen molar-refractivity contribution >= 4 is 54.8 Å². The number of furan rings is 1. The molecule has 0 bridgehead atoms. The number of halogens is 3. The van der Waals surface area contributed by atoms with Gasteiger partial charge in [-0.1, -0.05) is 0 Å². The van der Waals surface area contributed by atoms with E-state index in [9.17, 15) is 0 Å². The third-order valence-electron chi connectivity index (χ3n) is 1.97. The molecule has 0 N–H and O–H groups in total.